The maximum Gasteiger partial charge on any atom is 0.333 e. The first-order valence-corrected chi connectivity index (χ1v) is 6.39. The fraction of sp³-hybridized carbons (Fsp3) is 0.750. The van der Waals surface area contributed by atoms with E-state index in [4.69, 9.17) is 0 Å². The van der Waals surface area contributed by atoms with Gasteiger partial charge in [-0.15, -0.1) is 0 Å². The van der Waals surface area contributed by atoms with Crippen LogP contribution in [0.4, 0.5) is 11.5 Å². The topological polar surface area (TPSA) is 76.2 Å². The minimum atomic E-state index is -0.371. The normalized spacial score (nSPS) is 13.1. The molecule has 0 aliphatic rings. The molecule has 1 unspecified atom stereocenters. The summed E-state index contributed by atoms with van der Waals surface area (Å²) in [6, 6.07) is 0.347. The van der Waals surface area contributed by atoms with Crippen molar-refractivity contribution in [3.05, 3.63) is 15.8 Å². The zero-order chi connectivity index (χ0) is 14.7. The van der Waals surface area contributed by atoms with Crippen molar-refractivity contribution in [2.75, 3.05) is 26.0 Å². The van der Waals surface area contributed by atoms with Crippen molar-refractivity contribution in [3.8, 4) is 0 Å². The molecule has 0 saturated heterocycles. The maximum absolute atomic E-state index is 11.2. The second kappa shape index (κ2) is 6.01. The Bertz CT molecular complexity index is 453. The summed E-state index contributed by atoms with van der Waals surface area (Å²) in [7, 11) is 3.96. The van der Waals surface area contributed by atoms with E-state index in [1.54, 1.807) is 11.6 Å². The van der Waals surface area contributed by atoms with Gasteiger partial charge in [0.2, 0.25) is 5.82 Å². The molecule has 1 aromatic heterocycles. The van der Waals surface area contributed by atoms with Crippen LogP contribution >= 0.6 is 0 Å². The molecule has 1 aromatic rings. The van der Waals surface area contributed by atoms with Crippen molar-refractivity contribution >= 4 is 11.5 Å². The molecule has 0 fully saturated rings. The fourth-order valence-electron chi connectivity index (χ4n) is 1.72. The average Bonchev–Trinajstić information content (AvgIpc) is 2.62. The van der Waals surface area contributed by atoms with E-state index < -0.39 is 0 Å². The third kappa shape index (κ3) is 3.44. The first-order valence-electron chi connectivity index (χ1n) is 6.39. The number of nitrogens with one attached hydrogen (secondary N) is 1. The van der Waals surface area contributed by atoms with Crippen molar-refractivity contribution in [2.24, 2.45) is 0 Å². The number of likely N-dealkylation sites (N-methyl/N-ethyl adjacent to an activating group) is 1. The summed E-state index contributed by atoms with van der Waals surface area (Å²) in [6.45, 7) is 8.26. The summed E-state index contributed by atoms with van der Waals surface area (Å²) >= 11 is 0. The number of hydrogen-bond acceptors (Lipinski definition) is 5. The minimum Gasteiger partial charge on any atom is -0.363 e. The van der Waals surface area contributed by atoms with E-state index in [1.807, 2.05) is 27.9 Å². The highest BCUT2D eigenvalue weighted by atomic mass is 16.6. The third-order valence-electron chi connectivity index (χ3n) is 3.17. The average molecular weight is 269 g/mol. The molecule has 0 aliphatic carbocycles. The van der Waals surface area contributed by atoms with Crippen molar-refractivity contribution in [1.82, 2.24) is 14.7 Å². The molecular weight excluding hydrogens is 246 g/mol. The van der Waals surface area contributed by atoms with Crippen LogP contribution in [0.2, 0.25) is 0 Å². The van der Waals surface area contributed by atoms with E-state index in [-0.39, 0.29) is 22.7 Å². The molecule has 0 amide bonds. The highest BCUT2D eigenvalue weighted by Gasteiger charge is 2.26. The Morgan fingerprint density at radius 3 is 2.42 bits per heavy atom. The predicted octanol–water partition coefficient (Wildman–Crippen LogP) is 2.04. The number of aryl methyl sites for hydroxylation is 1. The van der Waals surface area contributed by atoms with E-state index in [9.17, 15) is 10.1 Å². The van der Waals surface area contributed by atoms with E-state index in [0.29, 0.717) is 18.1 Å². The first-order chi connectivity index (χ1) is 8.75. The Kier molecular flexibility index (Phi) is 4.88. The largest absolute Gasteiger partial charge is 0.363 e. The summed E-state index contributed by atoms with van der Waals surface area (Å²) < 4.78 is 1.68. The smallest absolute Gasteiger partial charge is 0.333 e. The van der Waals surface area contributed by atoms with Crippen molar-refractivity contribution in [2.45, 2.75) is 39.8 Å². The molecule has 1 heterocycles. The van der Waals surface area contributed by atoms with Gasteiger partial charge in [-0.3, -0.25) is 10.1 Å². The summed E-state index contributed by atoms with van der Waals surface area (Å²) in [5.41, 5.74) is 0.512. The zero-order valence-electron chi connectivity index (χ0n) is 12.5. The monoisotopic (exact) mass is 269 g/mol. The SMILES string of the molecule is Cc1nn(C(C)C)c(NCC(C)N(C)C)c1[N+](=O)[O-]. The molecular formula is C12H23N5O2. The molecule has 0 spiro atoms. The highest BCUT2D eigenvalue weighted by Crippen LogP contribution is 2.30. The molecule has 1 N–H and O–H groups in total. The lowest BCUT2D eigenvalue weighted by Crippen LogP contribution is -2.32. The molecule has 7 nitrogen and oxygen atoms in total. The van der Waals surface area contributed by atoms with Crippen LogP contribution in [-0.4, -0.2) is 46.3 Å². The van der Waals surface area contributed by atoms with E-state index in [2.05, 4.69) is 22.2 Å². The predicted molar refractivity (Wildman–Crippen MR) is 75.6 cm³/mol. The number of nitrogens with zero attached hydrogens (tertiary/aromatic N) is 4. The zero-order valence-corrected chi connectivity index (χ0v) is 12.5. The van der Waals surface area contributed by atoms with Gasteiger partial charge in [0.05, 0.1) is 4.92 Å². The number of anilines is 1. The third-order valence-corrected chi connectivity index (χ3v) is 3.17. The molecule has 0 bridgehead atoms. The number of hydrogen-bond donors (Lipinski definition) is 1. The van der Waals surface area contributed by atoms with Gasteiger partial charge in [-0.25, -0.2) is 4.68 Å². The summed E-state index contributed by atoms with van der Waals surface area (Å²) in [5.74, 6) is 0.492. The number of rotatable bonds is 6. The molecule has 1 rings (SSSR count). The van der Waals surface area contributed by atoms with Crippen molar-refractivity contribution < 1.29 is 4.92 Å². The van der Waals surface area contributed by atoms with Crippen LogP contribution in [0, 0.1) is 17.0 Å². The van der Waals surface area contributed by atoms with Gasteiger partial charge in [0.25, 0.3) is 0 Å². The minimum absolute atomic E-state index is 0.0691. The summed E-state index contributed by atoms with van der Waals surface area (Å²) in [4.78, 5) is 12.8. The molecule has 7 heteroatoms. The lowest BCUT2D eigenvalue weighted by atomic mass is 10.3. The Morgan fingerprint density at radius 2 is 2.00 bits per heavy atom. The van der Waals surface area contributed by atoms with Gasteiger partial charge in [0.15, 0.2) is 0 Å². The van der Waals surface area contributed by atoms with Gasteiger partial charge >= 0.3 is 5.69 Å². The summed E-state index contributed by atoms with van der Waals surface area (Å²) in [5, 5.41) is 18.6. The van der Waals surface area contributed by atoms with Crippen LogP contribution < -0.4 is 5.32 Å². The molecule has 1 atom stereocenters. The second-order valence-electron chi connectivity index (χ2n) is 5.27. The lowest BCUT2D eigenvalue weighted by Gasteiger charge is -2.21. The van der Waals surface area contributed by atoms with E-state index >= 15 is 0 Å². The van der Waals surface area contributed by atoms with Crippen molar-refractivity contribution in [1.29, 1.82) is 0 Å². The lowest BCUT2D eigenvalue weighted by molar-refractivity contribution is -0.384. The molecule has 0 radical (unpaired) electrons. The maximum atomic E-state index is 11.2. The van der Waals surface area contributed by atoms with E-state index in [0.717, 1.165) is 0 Å². The van der Waals surface area contributed by atoms with Crippen LogP contribution in [0.3, 0.4) is 0 Å². The standard InChI is InChI=1S/C12H23N5O2/c1-8(2)16-12(13-7-9(3)15(5)6)11(17(18)19)10(4)14-16/h8-9,13H,7H2,1-6H3. The Morgan fingerprint density at radius 1 is 1.42 bits per heavy atom. The Labute approximate surface area is 113 Å². The van der Waals surface area contributed by atoms with E-state index in [1.165, 1.54) is 0 Å². The second-order valence-corrected chi connectivity index (χ2v) is 5.27. The van der Waals surface area contributed by atoms with Gasteiger partial charge in [0, 0.05) is 18.6 Å². The van der Waals surface area contributed by atoms with Gasteiger partial charge < -0.3 is 10.2 Å². The highest BCUT2D eigenvalue weighted by molar-refractivity contribution is 5.59. The van der Waals surface area contributed by atoms with Gasteiger partial charge in [-0.2, -0.15) is 5.10 Å². The van der Waals surface area contributed by atoms with Crippen LogP contribution in [-0.2, 0) is 0 Å². The molecule has 0 aliphatic heterocycles. The van der Waals surface area contributed by atoms with Gasteiger partial charge in [-0.05, 0) is 41.8 Å². The molecule has 0 saturated carbocycles. The Balaban J connectivity index is 3.05. The van der Waals surface area contributed by atoms with Gasteiger partial charge in [-0.1, -0.05) is 0 Å². The number of aromatic nitrogens is 2. The van der Waals surface area contributed by atoms with Crippen molar-refractivity contribution in [3.63, 3.8) is 0 Å². The molecule has 108 valence electrons. The quantitative estimate of drug-likeness (QED) is 0.631. The number of nitro groups is 1. The van der Waals surface area contributed by atoms with Crippen LogP contribution in [0.15, 0.2) is 0 Å². The van der Waals surface area contributed by atoms with Gasteiger partial charge in [0.1, 0.15) is 5.69 Å². The van der Waals surface area contributed by atoms with Crippen LogP contribution in [0.1, 0.15) is 32.5 Å². The van der Waals surface area contributed by atoms with Crippen LogP contribution in [0.25, 0.3) is 0 Å². The fourth-order valence-corrected chi connectivity index (χ4v) is 1.72. The molecule has 19 heavy (non-hydrogen) atoms. The first kappa shape index (κ1) is 15.4. The Hall–Kier alpha value is -1.63. The molecule has 0 aromatic carbocycles. The summed E-state index contributed by atoms with van der Waals surface area (Å²) in [6.07, 6.45) is 0. The van der Waals surface area contributed by atoms with Crippen LogP contribution in [0.5, 0.6) is 0 Å².